The Morgan fingerprint density at radius 3 is 2.53 bits per heavy atom. The summed E-state index contributed by atoms with van der Waals surface area (Å²) in [5.41, 5.74) is -0.439. The molecule has 0 aromatic carbocycles. The molecule has 0 atom stereocenters. The predicted molar refractivity (Wildman–Crippen MR) is 69.7 cm³/mol. The maximum absolute atomic E-state index is 12.1. The summed E-state index contributed by atoms with van der Waals surface area (Å²) >= 11 is 5.78. The number of carbonyl (C=O) groups excluding carboxylic acids is 1. The molecule has 1 N–H and O–H groups in total. The van der Waals surface area contributed by atoms with Crippen LogP contribution in [0.3, 0.4) is 0 Å². The molecule has 0 unspecified atom stereocenters. The van der Waals surface area contributed by atoms with Crippen molar-refractivity contribution in [3.05, 3.63) is 33.2 Å². The van der Waals surface area contributed by atoms with Crippen molar-refractivity contribution in [3.8, 4) is 0 Å². The summed E-state index contributed by atoms with van der Waals surface area (Å²) in [5.74, 6) is -1.11. The van der Waals surface area contributed by atoms with Crippen LogP contribution in [0.5, 0.6) is 0 Å². The Bertz CT molecular complexity index is 558. The monoisotopic (exact) mass is 283 g/mol. The van der Waals surface area contributed by atoms with E-state index in [1.165, 1.54) is 10.6 Å². The van der Waals surface area contributed by atoms with Crippen molar-refractivity contribution in [1.82, 2.24) is 4.57 Å². The average Bonchev–Trinajstić information content (AvgIpc) is 2.39. The SMILES string of the molecule is O=Cc1c(Cl)ccn(C2CCC(C(=O)O)CC2)c1=O. The Morgan fingerprint density at radius 1 is 1.37 bits per heavy atom. The molecule has 6 heteroatoms. The smallest absolute Gasteiger partial charge is 0.306 e. The lowest BCUT2D eigenvalue weighted by Crippen LogP contribution is -2.31. The molecule has 102 valence electrons. The molecule has 1 heterocycles. The molecule has 1 saturated carbocycles. The van der Waals surface area contributed by atoms with E-state index < -0.39 is 11.5 Å². The molecule has 1 aromatic rings. The minimum atomic E-state index is -0.782. The van der Waals surface area contributed by atoms with Gasteiger partial charge in [-0.1, -0.05) is 11.6 Å². The number of aliphatic carboxylic acids is 1. The van der Waals surface area contributed by atoms with Gasteiger partial charge in [-0.25, -0.2) is 0 Å². The van der Waals surface area contributed by atoms with Crippen molar-refractivity contribution in [2.24, 2.45) is 5.92 Å². The summed E-state index contributed by atoms with van der Waals surface area (Å²) < 4.78 is 1.49. The van der Waals surface area contributed by atoms with Crippen molar-refractivity contribution in [1.29, 1.82) is 0 Å². The molecule has 1 fully saturated rings. The van der Waals surface area contributed by atoms with Crippen LogP contribution in [0.2, 0.25) is 5.02 Å². The van der Waals surface area contributed by atoms with Crippen molar-refractivity contribution >= 4 is 23.9 Å². The van der Waals surface area contributed by atoms with Crippen LogP contribution >= 0.6 is 11.6 Å². The lowest BCUT2D eigenvalue weighted by molar-refractivity contribution is -0.143. The van der Waals surface area contributed by atoms with E-state index >= 15 is 0 Å². The van der Waals surface area contributed by atoms with Crippen molar-refractivity contribution < 1.29 is 14.7 Å². The van der Waals surface area contributed by atoms with Crippen LogP contribution in [-0.4, -0.2) is 21.9 Å². The third-order valence-corrected chi connectivity index (χ3v) is 3.99. The third kappa shape index (κ3) is 2.71. The van der Waals surface area contributed by atoms with E-state index in [0.29, 0.717) is 32.0 Å². The van der Waals surface area contributed by atoms with E-state index in [9.17, 15) is 14.4 Å². The van der Waals surface area contributed by atoms with Gasteiger partial charge in [0, 0.05) is 12.2 Å². The number of hydrogen-bond donors (Lipinski definition) is 1. The average molecular weight is 284 g/mol. The molecule has 0 aliphatic heterocycles. The first-order valence-electron chi connectivity index (χ1n) is 6.13. The summed E-state index contributed by atoms with van der Waals surface area (Å²) in [7, 11) is 0. The van der Waals surface area contributed by atoms with Crippen LogP contribution in [0.15, 0.2) is 17.1 Å². The molecule has 19 heavy (non-hydrogen) atoms. The quantitative estimate of drug-likeness (QED) is 0.862. The number of carboxylic acid groups (broad SMARTS) is 1. The van der Waals surface area contributed by atoms with Crippen molar-refractivity contribution in [2.45, 2.75) is 31.7 Å². The lowest BCUT2D eigenvalue weighted by Gasteiger charge is -2.27. The highest BCUT2D eigenvalue weighted by Gasteiger charge is 2.27. The van der Waals surface area contributed by atoms with E-state index in [1.807, 2.05) is 0 Å². The zero-order chi connectivity index (χ0) is 14.0. The number of rotatable bonds is 3. The number of aldehydes is 1. The van der Waals surface area contributed by atoms with Crippen LogP contribution < -0.4 is 5.56 Å². The highest BCUT2D eigenvalue weighted by molar-refractivity contribution is 6.32. The Hall–Kier alpha value is -1.62. The highest BCUT2D eigenvalue weighted by Crippen LogP contribution is 2.31. The van der Waals surface area contributed by atoms with Gasteiger partial charge in [-0.15, -0.1) is 0 Å². The summed E-state index contributed by atoms with van der Waals surface area (Å²) in [4.78, 5) is 33.8. The first-order valence-corrected chi connectivity index (χ1v) is 6.51. The molecular formula is C13H14ClNO4. The van der Waals surface area contributed by atoms with Gasteiger partial charge in [0.1, 0.15) is 0 Å². The number of pyridine rings is 1. The van der Waals surface area contributed by atoms with Gasteiger partial charge in [-0.3, -0.25) is 14.4 Å². The summed E-state index contributed by atoms with van der Waals surface area (Å²) in [5, 5.41) is 9.08. The Morgan fingerprint density at radius 2 is 2.00 bits per heavy atom. The lowest BCUT2D eigenvalue weighted by atomic mass is 9.86. The summed E-state index contributed by atoms with van der Waals surface area (Å²) in [6.07, 6.45) is 4.37. The molecule has 2 rings (SSSR count). The fourth-order valence-corrected chi connectivity index (χ4v) is 2.72. The van der Waals surface area contributed by atoms with Gasteiger partial charge in [0.2, 0.25) is 0 Å². The minimum Gasteiger partial charge on any atom is -0.481 e. The van der Waals surface area contributed by atoms with E-state index in [-0.39, 0.29) is 22.5 Å². The van der Waals surface area contributed by atoms with Gasteiger partial charge in [-0.05, 0) is 31.7 Å². The van der Waals surface area contributed by atoms with Crippen molar-refractivity contribution in [3.63, 3.8) is 0 Å². The predicted octanol–water partition coefficient (Wildman–Crippen LogP) is 2.13. The van der Waals surface area contributed by atoms with Gasteiger partial charge in [0.15, 0.2) is 6.29 Å². The second-order valence-corrected chi connectivity index (χ2v) is 5.16. The molecule has 0 bridgehead atoms. The number of aromatic nitrogens is 1. The molecule has 5 nitrogen and oxygen atoms in total. The molecule has 0 amide bonds. The number of halogens is 1. The number of hydrogen-bond acceptors (Lipinski definition) is 3. The normalized spacial score (nSPS) is 23.0. The van der Waals surface area contributed by atoms with Crippen LogP contribution in [0.25, 0.3) is 0 Å². The molecular weight excluding hydrogens is 270 g/mol. The molecule has 0 radical (unpaired) electrons. The maximum Gasteiger partial charge on any atom is 0.306 e. The summed E-state index contributed by atoms with van der Waals surface area (Å²) in [6, 6.07) is 1.47. The Labute approximate surface area is 114 Å². The zero-order valence-corrected chi connectivity index (χ0v) is 11.0. The van der Waals surface area contributed by atoms with Crippen LogP contribution in [0.4, 0.5) is 0 Å². The first kappa shape index (κ1) is 13.8. The van der Waals surface area contributed by atoms with E-state index in [4.69, 9.17) is 16.7 Å². The van der Waals surface area contributed by atoms with Crippen LogP contribution in [0, 0.1) is 5.92 Å². The second-order valence-electron chi connectivity index (χ2n) is 4.75. The molecule has 1 aliphatic rings. The maximum atomic E-state index is 12.1. The molecule has 0 spiro atoms. The zero-order valence-electron chi connectivity index (χ0n) is 10.2. The minimum absolute atomic E-state index is 0.0375. The first-order chi connectivity index (χ1) is 9.04. The topological polar surface area (TPSA) is 76.4 Å². The van der Waals surface area contributed by atoms with Crippen LogP contribution in [0.1, 0.15) is 42.1 Å². The fraction of sp³-hybridized carbons (Fsp3) is 0.462. The van der Waals surface area contributed by atoms with E-state index in [0.717, 1.165) is 0 Å². The van der Waals surface area contributed by atoms with Gasteiger partial charge in [0.05, 0.1) is 16.5 Å². The molecule has 1 aliphatic carbocycles. The van der Waals surface area contributed by atoms with Gasteiger partial charge in [-0.2, -0.15) is 0 Å². The summed E-state index contributed by atoms with van der Waals surface area (Å²) in [6.45, 7) is 0. The van der Waals surface area contributed by atoms with Gasteiger partial charge in [0.25, 0.3) is 5.56 Å². The third-order valence-electron chi connectivity index (χ3n) is 3.66. The van der Waals surface area contributed by atoms with Gasteiger partial charge >= 0.3 is 5.97 Å². The van der Waals surface area contributed by atoms with E-state index in [2.05, 4.69) is 0 Å². The van der Waals surface area contributed by atoms with E-state index in [1.54, 1.807) is 6.20 Å². The molecule has 1 aromatic heterocycles. The number of carboxylic acids is 1. The molecule has 0 saturated heterocycles. The Kier molecular flexibility index (Phi) is 4.04. The van der Waals surface area contributed by atoms with Crippen LogP contribution in [-0.2, 0) is 4.79 Å². The standard InChI is InChI=1S/C13H14ClNO4/c14-11-5-6-15(12(17)10(11)7-16)9-3-1-8(2-4-9)13(18)19/h5-9H,1-4H2,(H,18,19). The fourth-order valence-electron chi connectivity index (χ4n) is 2.54. The number of carbonyl (C=O) groups is 2. The second kappa shape index (κ2) is 5.57. The highest BCUT2D eigenvalue weighted by atomic mass is 35.5. The number of nitrogens with zero attached hydrogens (tertiary/aromatic N) is 1. The van der Waals surface area contributed by atoms with Crippen molar-refractivity contribution in [2.75, 3.05) is 0 Å². The Balaban J connectivity index is 2.23. The van der Waals surface area contributed by atoms with Gasteiger partial charge < -0.3 is 9.67 Å². The largest absolute Gasteiger partial charge is 0.481 e.